The predicted molar refractivity (Wildman–Crippen MR) is 97.5 cm³/mol. The molecule has 3 heteroatoms. The molecule has 3 nitrogen and oxygen atoms in total. The molecule has 0 atom stereocenters. The molecule has 0 fully saturated rings. The zero-order chi connectivity index (χ0) is 17.4. The predicted octanol–water partition coefficient (Wildman–Crippen LogP) is 4.55. The van der Waals surface area contributed by atoms with E-state index >= 15 is 0 Å². The highest BCUT2D eigenvalue weighted by Crippen LogP contribution is 2.22. The lowest BCUT2D eigenvalue weighted by molar-refractivity contribution is -0.120. The molecule has 1 aromatic carbocycles. The molecule has 1 aliphatic rings. The minimum absolute atomic E-state index is 0.298. The molecule has 0 unspecified atom stereocenters. The first-order valence-corrected chi connectivity index (χ1v) is 8.79. The third-order valence-electron chi connectivity index (χ3n) is 4.09. The molecular weight excluding hydrogens is 298 g/mol. The van der Waals surface area contributed by atoms with Crippen LogP contribution >= 0.6 is 0 Å². The third kappa shape index (κ3) is 4.83. The summed E-state index contributed by atoms with van der Waals surface area (Å²) in [7, 11) is 0. The second-order valence-electron chi connectivity index (χ2n) is 6.19. The number of benzene rings is 1. The van der Waals surface area contributed by atoms with Crippen molar-refractivity contribution in [3.63, 3.8) is 0 Å². The molecule has 0 aromatic heterocycles. The molecule has 0 saturated heterocycles. The van der Waals surface area contributed by atoms with E-state index in [0.29, 0.717) is 11.3 Å². The number of anilines is 1. The van der Waals surface area contributed by atoms with Crippen molar-refractivity contribution in [2.24, 2.45) is 0 Å². The Morgan fingerprint density at radius 2 is 1.62 bits per heavy atom. The van der Waals surface area contributed by atoms with Crippen molar-refractivity contribution in [3.8, 4) is 11.8 Å². The first-order valence-electron chi connectivity index (χ1n) is 8.79. The van der Waals surface area contributed by atoms with E-state index in [2.05, 4.69) is 18.8 Å². The molecule has 2 amide bonds. The van der Waals surface area contributed by atoms with Gasteiger partial charge in [0.05, 0.1) is 11.3 Å². The molecule has 0 radical (unpaired) electrons. The summed E-state index contributed by atoms with van der Waals surface area (Å²) in [6.45, 7) is 4.17. The largest absolute Gasteiger partial charge is 0.274 e. The Morgan fingerprint density at radius 3 is 2.33 bits per heavy atom. The molecule has 1 aromatic rings. The second kappa shape index (κ2) is 9.08. The van der Waals surface area contributed by atoms with Crippen LogP contribution in [0.4, 0.5) is 5.69 Å². The molecule has 2 rings (SSSR count). The summed E-state index contributed by atoms with van der Waals surface area (Å²) in [5, 5.41) is 0. The minimum Gasteiger partial charge on any atom is -0.269 e. The lowest BCUT2D eigenvalue weighted by Crippen LogP contribution is -2.30. The van der Waals surface area contributed by atoms with Gasteiger partial charge in [0.2, 0.25) is 0 Å². The van der Waals surface area contributed by atoms with Gasteiger partial charge in [-0.2, -0.15) is 0 Å². The maximum atomic E-state index is 12.4. The zero-order valence-electron chi connectivity index (χ0n) is 14.6. The molecule has 0 N–H and O–H groups in total. The Balaban J connectivity index is 1.86. The number of amides is 2. The van der Waals surface area contributed by atoms with Crippen molar-refractivity contribution >= 4 is 17.5 Å². The number of carbonyl (C=O) groups excluding carboxylic acids is 2. The van der Waals surface area contributed by atoms with E-state index in [-0.39, 0.29) is 11.8 Å². The van der Waals surface area contributed by atoms with Crippen LogP contribution in [0.25, 0.3) is 0 Å². The summed E-state index contributed by atoms with van der Waals surface area (Å²) in [6.07, 6.45) is 9.42. The molecular formula is C21H25NO2. The van der Waals surface area contributed by atoms with Crippen LogP contribution in [-0.4, -0.2) is 11.8 Å². The van der Waals surface area contributed by atoms with E-state index in [1.165, 1.54) is 43.1 Å². The third-order valence-corrected chi connectivity index (χ3v) is 4.09. The van der Waals surface area contributed by atoms with Crippen molar-refractivity contribution in [2.45, 2.75) is 58.8 Å². The SMILES string of the molecule is CCCCCCCCC#CC1=CC(=O)N(c2ccc(C)cc2)C1=O. The van der Waals surface area contributed by atoms with Crippen LogP contribution in [0.15, 0.2) is 35.9 Å². The van der Waals surface area contributed by atoms with Crippen LogP contribution in [0.5, 0.6) is 0 Å². The lowest BCUT2D eigenvalue weighted by Gasteiger charge is -2.14. The topological polar surface area (TPSA) is 37.4 Å². The summed E-state index contributed by atoms with van der Waals surface area (Å²) in [5.74, 6) is 5.27. The quantitative estimate of drug-likeness (QED) is 0.419. The fourth-order valence-electron chi connectivity index (χ4n) is 2.65. The highest BCUT2D eigenvalue weighted by Gasteiger charge is 2.31. The van der Waals surface area contributed by atoms with Gasteiger partial charge in [-0.05, 0) is 25.5 Å². The number of imide groups is 1. The van der Waals surface area contributed by atoms with Crippen molar-refractivity contribution in [2.75, 3.05) is 4.90 Å². The zero-order valence-corrected chi connectivity index (χ0v) is 14.6. The Labute approximate surface area is 144 Å². The number of hydrogen-bond acceptors (Lipinski definition) is 2. The van der Waals surface area contributed by atoms with Gasteiger partial charge in [-0.15, -0.1) is 0 Å². The highest BCUT2D eigenvalue weighted by atomic mass is 16.2. The Bertz CT molecular complexity index is 674. The van der Waals surface area contributed by atoms with Crippen molar-refractivity contribution in [1.29, 1.82) is 0 Å². The molecule has 126 valence electrons. The molecule has 0 bridgehead atoms. The van der Waals surface area contributed by atoms with Crippen molar-refractivity contribution in [1.82, 2.24) is 0 Å². The van der Waals surface area contributed by atoms with Crippen LogP contribution in [0.1, 0.15) is 57.4 Å². The summed E-state index contributed by atoms with van der Waals surface area (Å²) in [6, 6.07) is 7.34. The van der Waals surface area contributed by atoms with E-state index in [4.69, 9.17) is 0 Å². The smallest absolute Gasteiger partial charge is 0.269 e. The summed E-state index contributed by atoms with van der Waals surface area (Å²) < 4.78 is 0. The van der Waals surface area contributed by atoms with Crippen LogP contribution in [0.3, 0.4) is 0 Å². The Kier molecular flexibility index (Phi) is 6.81. The molecule has 0 aliphatic carbocycles. The standard InChI is InChI=1S/C21H25NO2/c1-3-4-5-6-7-8-9-10-11-18-16-20(23)22(21(18)24)19-14-12-17(2)13-15-19/h12-16H,3-9H2,1-2H3. The van der Waals surface area contributed by atoms with E-state index in [0.717, 1.165) is 18.4 Å². The van der Waals surface area contributed by atoms with Crippen LogP contribution in [0, 0.1) is 18.8 Å². The normalized spacial score (nSPS) is 13.8. The average Bonchev–Trinajstić information content (AvgIpc) is 2.85. The van der Waals surface area contributed by atoms with E-state index < -0.39 is 0 Å². The van der Waals surface area contributed by atoms with E-state index in [1.807, 2.05) is 19.1 Å². The maximum Gasteiger partial charge on any atom is 0.274 e. The van der Waals surface area contributed by atoms with Gasteiger partial charge < -0.3 is 0 Å². The summed E-state index contributed by atoms with van der Waals surface area (Å²) in [4.78, 5) is 25.6. The summed E-state index contributed by atoms with van der Waals surface area (Å²) in [5.41, 5.74) is 1.98. The van der Waals surface area contributed by atoms with Crippen molar-refractivity contribution in [3.05, 3.63) is 41.5 Å². The maximum absolute atomic E-state index is 12.4. The number of unbranched alkanes of at least 4 members (excludes halogenated alkanes) is 6. The van der Waals surface area contributed by atoms with Gasteiger partial charge in [-0.1, -0.05) is 68.6 Å². The number of hydrogen-bond donors (Lipinski definition) is 0. The van der Waals surface area contributed by atoms with Gasteiger partial charge >= 0.3 is 0 Å². The number of aryl methyl sites for hydroxylation is 1. The lowest BCUT2D eigenvalue weighted by atomic mass is 10.1. The van der Waals surface area contributed by atoms with Gasteiger partial charge in [0.1, 0.15) is 0 Å². The van der Waals surface area contributed by atoms with Gasteiger partial charge in [-0.3, -0.25) is 9.59 Å². The summed E-state index contributed by atoms with van der Waals surface area (Å²) >= 11 is 0. The van der Waals surface area contributed by atoms with Gasteiger partial charge in [0.15, 0.2) is 0 Å². The van der Waals surface area contributed by atoms with Gasteiger partial charge in [0.25, 0.3) is 11.8 Å². The molecule has 1 heterocycles. The second-order valence-corrected chi connectivity index (χ2v) is 6.19. The first kappa shape index (κ1) is 18.0. The fourth-order valence-corrected chi connectivity index (χ4v) is 2.65. The Morgan fingerprint density at radius 1 is 0.958 bits per heavy atom. The highest BCUT2D eigenvalue weighted by molar-refractivity contribution is 6.32. The van der Waals surface area contributed by atoms with Crippen LogP contribution in [0.2, 0.25) is 0 Å². The van der Waals surface area contributed by atoms with Crippen molar-refractivity contribution < 1.29 is 9.59 Å². The van der Waals surface area contributed by atoms with Gasteiger partial charge in [-0.25, -0.2) is 4.90 Å². The molecule has 1 aliphatic heterocycles. The number of rotatable bonds is 7. The van der Waals surface area contributed by atoms with Crippen LogP contribution in [-0.2, 0) is 9.59 Å². The molecule has 0 saturated carbocycles. The average molecular weight is 323 g/mol. The van der Waals surface area contributed by atoms with Gasteiger partial charge in [0, 0.05) is 12.5 Å². The van der Waals surface area contributed by atoms with E-state index in [9.17, 15) is 9.59 Å². The minimum atomic E-state index is -0.320. The molecule has 0 spiro atoms. The monoisotopic (exact) mass is 323 g/mol. The van der Waals surface area contributed by atoms with E-state index in [1.54, 1.807) is 12.1 Å². The Hall–Kier alpha value is -2.34. The number of carbonyl (C=O) groups is 2. The fraction of sp³-hybridized carbons (Fsp3) is 0.429. The number of nitrogens with zero attached hydrogens (tertiary/aromatic N) is 1. The molecule has 24 heavy (non-hydrogen) atoms. The van der Waals surface area contributed by atoms with Crippen LogP contribution < -0.4 is 4.90 Å². The first-order chi connectivity index (χ1) is 11.6.